The Kier molecular flexibility index (Phi) is 4.79. The summed E-state index contributed by atoms with van der Waals surface area (Å²) >= 11 is 11.7. The van der Waals surface area contributed by atoms with Crippen LogP contribution in [0.4, 0.5) is 18.9 Å². The number of hydrogen-bond acceptors (Lipinski definition) is 4. The molecule has 3 rings (SSSR count). The quantitative estimate of drug-likeness (QED) is 0.677. The number of carbonyl (C=O) groups excluding carboxylic acids is 1. The number of pyridine rings is 2. The van der Waals surface area contributed by atoms with Crippen molar-refractivity contribution in [3.05, 3.63) is 56.1 Å². The Bertz CT molecular complexity index is 1110. The number of aromatic amines is 1. The minimum atomic E-state index is -4.72. The number of alkyl halides is 3. The molecule has 0 aromatic carbocycles. The molecule has 3 aromatic rings. The summed E-state index contributed by atoms with van der Waals surface area (Å²) in [4.78, 5) is 26.4. The predicted octanol–water partition coefficient (Wildman–Crippen LogP) is 3.61. The molecule has 142 valence electrons. The minimum Gasteiger partial charge on any atom is -0.481 e. The molecule has 0 saturated heterocycles. The van der Waals surface area contributed by atoms with E-state index in [-0.39, 0.29) is 32.7 Å². The van der Waals surface area contributed by atoms with Crippen LogP contribution in [-0.4, -0.2) is 27.6 Å². The Morgan fingerprint density at radius 3 is 2.67 bits per heavy atom. The number of halogens is 5. The zero-order chi connectivity index (χ0) is 19.9. The topological polar surface area (TPSA) is 88.5 Å². The Morgan fingerprint density at radius 1 is 1.33 bits per heavy atom. The maximum Gasteiger partial charge on any atom is 0.435 e. The molecule has 0 aliphatic rings. The fourth-order valence-corrected chi connectivity index (χ4v) is 2.76. The van der Waals surface area contributed by atoms with Gasteiger partial charge in [-0.3, -0.25) is 9.59 Å². The maximum atomic E-state index is 13.0. The Morgan fingerprint density at radius 2 is 2.04 bits per heavy atom. The number of methoxy groups -OCH3 is 1. The normalized spacial score (nSPS) is 11.6. The van der Waals surface area contributed by atoms with Gasteiger partial charge in [-0.2, -0.15) is 22.8 Å². The average molecular weight is 421 g/mol. The van der Waals surface area contributed by atoms with E-state index in [0.717, 1.165) is 10.7 Å². The second kappa shape index (κ2) is 6.78. The molecule has 0 spiro atoms. The number of anilines is 1. The molecule has 3 heterocycles. The molecule has 0 bridgehead atoms. The molecular weight excluding hydrogens is 412 g/mol. The number of carbonyl (C=O) groups is 1. The number of nitrogens with one attached hydrogen (secondary N) is 2. The highest BCUT2D eigenvalue weighted by molar-refractivity contribution is 6.39. The zero-order valence-electron chi connectivity index (χ0n) is 13.3. The van der Waals surface area contributed by atoms with E-state index in [0.29, 0.717) is 6.07 Å². The first-order chi connectivity index (χ1) is 12.6. The molecule has 0 saturated carbocycles. The van der Waals surface area contributed by atoms with E-state index < -0.39 is 23.3 Å². The molecule has 27 heavy (non-hydrogen) atoms. The summed E-state index contributed by atoms with van der Waals surface area (Å²) < 4.78 is 44.8. The van der Waals surface area contributed by atoms with Gasteiger partial charge in [-0.15, -0.1) is 0 Å². The SMILES string of the molecule is COc1ccc(C(=O)Nc2c(Cl)c[nH]c(=O)c2Cl)c2cc(C(F)(F)F)nn12. The molecule has 2 N–H and O–H groups in total. The number of hydrogen-bond donors (Lipinski definition) is 2. The fraction of sp³-hybridized carbons (Fsp3) is 0.133. The predicted molar refractivity (Wildman–Crippen MR) is 91.8 cm³/mol. The third kappa shape index (κ3) is 3.45. The summed E-state index contributed by atoms with van der Waals surface area (Å²) in [5.41, 5.74) is -2.38. The second-order valence-corrected chi connectivity index (χ2v) is 6.01. The lowest BCUT2D eigenvalue weighted by molar-refractivity contribution is -0.141. The van der Waals surface area contributed by atoms with Gasteiger partial charge < -0.3 is 15.0 Å². The van der Waals surface area contributed by atoms with Crippen LogP contribution in [0.2, 0.25) is 10.0 Å². The molecule has 1 amide bonds. The summed E-state index contributed by atoms with van der Waals surface area (Å²) in [5, 5.41) is 5.34. The highest BCUT2D eigenvalue weighted by Gasteiger charge is 2.35. The number of nitrogens with zero attached hydrogens (tertiary/aromatic N) is 2. The van der Waals surface area contributed by atoms with Crippen LogP contribution in [0.3, 0.4) is 0 Å². The van der Waals surface area contributed by atoms with E-state index in [1.807, 2.05) is 0 Å². The van der Waals surface area contributed by atoms with Gasteiger partial charge in [0.2, 0.25) is 5.88 Å². The van der Waals surface area contributed by atoms with Gasteiger partial charge in [-0.05, 0) is 12.1 Å². The first-order valence-electron chi connectivity index (χ1n) is 7.15. The third-order valence-corrected chi connectivity index (χ3v) is 4.22. The smallest absolute Gasteiger partial charge is 0.435 e. The van der Waals surface area contributed by atoms with Gasteiger partial charge >= 0.3 is 6.18 Å². The van der Waals surface area contributed by atoms with Crippen LogP contribution in [0.5, 0.6) is 5.88 Å². The van der Waals surface area contributed by atoms with Gasteiger partial charge in [0.25, 0.3) is 11.5 Å². The van der Waals surface area contributed by atoms with Crippen molar-refractivity contribution < 1.29 is 22.7 Å². The van der Waals surface area contributed by atoms with Crippen molar-refractivity contribution in [3.8, 4) is 5.88 Å². The van der Waals surface area contributed by atoms with E-state index >= 15 is 0 Å². The summed E-state index contributed by atoms with van der Waals surface area (Å²) in [6.07, 6.45) is -3.60. The van der Waals surface area contributed by atoms with Gasteiger partial charge in [0.1, 0.15) is 5.02 Å². The highest BCUT2D eigenvalue weighted by atomic mass is 35.5. The standard InChI is InChI=1S/C15H9Cl2F3N4O3/c1-27-10-3-2-6(8-4-9(15(18,19)20)23-24(8)10)13(25)22-12-7(16)5-21-14(26)11(12)17/h2-5H,1H3,(H2,21,22,25,26). The monoisotopic (exact) mass is 420 g/mol. The lowest BCUT2D eigenvalue weighted by atomic mass is 10.2. The molecule has 12 heteroatoms. The molecule has 0 fully saturated rings. The van der Waals surface area contributed by atoms with Crippen molar-refractivity contribution in [1.29, 1.82) is 0 Å². The summed E-state index contributed by atoms with van der Waals surface area (Å²) in [5.74, 6) is -0.852. The summed E-state index contributed by atoms with van der Waals surface area (Å²) in [6, 6.07) is 3.23. The summed E-state index contributed by atoms with van der Waals surface area (Å²) in [7, 11) is 1.25. The van der Waals surface area contributed by atoms with Crippen LogP contribution in [0.25, 0.3) is 5.52 Å². The number of fused-ring (bicyclic) bond motifs is 1. The van der Waals surface area contributed by atoms with Crippen molar-refractivity contribution in [2.75, 3.05) is 12.4 Å². The first kappa shape index (κ1) is 19.1. The molecule has 0 atom stereocenters. The Labute approximate surface area is 158 Å². The van der Waals surface area contributed by atoms with Crippen LogP contribution in [0.1, 0.15) is 16.1 Å². The van der Waals surface area contributed by atoms with Crippen LogP contribution >= 0.6 is 23.2 Å². The van der Waals surface area contributed by atoms with E-state index in [1.165, 1.54) is 19.2 Å². The number of aromatic nitrogens is 3. The summed E-state index contributed by atoms with van der Waals surface area (Å²) in [6.45, 7) is 0. The molecule has 0 aliphatic heterocycles. The van der Waals surface area contributed by atoms with Gasteiger partial charge in [-0.1, -0.05) is 23.2 Å². The van der Waals surface area contributed by atoms with Crippen molar-refractivity contribution in [3.63, 3.8) is 0 Å². The van der Waals surface area contributed by atoms with Crippen LogP contribution in [0, 0.1) is 0 Å². The lowest BCUT2D eigenvalue weighted by Crippen LogP contribution is -2.17. The largest absolute Gasteiger partial charge is 0.481 e. The van der Waals surface area contributed by atoms with Crippen molar-refractivity contribution >= 4 is 40.3 Å². The first-order valence-corrected chi connectivity index (χ1v) is 7.91. The molecule has 0 aliphatic carbocycles. The Hall–Kier alpha value is -2.72. The molecular formula is C15H9Cl2F3N4O3. The van der Waals surface area contributed by atoms with Crippen LogP contribution < -0.4 is 15.6 Å². The number of ether oxygens (including phenoxy) is 1. The van der Waals surface area contributed by atoms with E-state index in [4.69, 9.17) is 27.9 Å². The molecule has 7 nitrogen and oxygen atoms in total. The van der Waals surface area contributed by atoms with E-state index in [9.17, 15) is 22.8 Å². The van der Waals surface area contributed by atoms with E-state index in [1.54, 1.807) is 0 Å². The van der Waals surface area contributed by atoms with Crippen molar-refractivity contribution in [2.45, 2.75) is 6.18 Å². The molecule has 0 unspecified atom stereocenters. The molecule has 0 radical (unpaired) electrons. The fourth-order valence-electron chi connectivity index (χ4n) is 2.31. The third-order valence-electron chi connectivity index (χ3n) is 3.56. The highest BCUT2D eigenvalue weighted by Crippen LogP contribution is 2.32. The Balaban J connectivity index is 2.12. The van der Waals surface area contributed by atoms with Gasteiger partial charge in [0, 0.05) is 12.3 Å². The van der Waals surface area contributed by atoms with Crippen molar-refractivity contribution in [2.24, 2.45) is 0 Å². The van der Waals surface area contributed by atoms with Gasteiger partial charge in [0.05, 0.1) is 28.9 Å². The second-order valence-electron chi connectivity index (χ2n) is 5.22. The van der Waals surface area contributed by atoms with Gasteiger partial charge in [-0.25, -0.2) is 0 Å². The molecule has 3 aromatic heterocycles. The van der Waals surface area contributed by atoms with Crippen LogP contribution in [-0.2, 0) is 6.18 Å². The number of H-pyrrole nitrogens is 1. The maximum absolute atomic E-state index is 13.0. The van der Waals surface area contributed by atoms with E-state index in [2.05, 4.69) is 15.4 Å². The lowest BCUT2D eigenvalue weighted by Gasteiger charge is -2.10. The van der Waals surface area contributed by atoms with Crippen LogP contribution in [0.15, 0.2) is 29.2 Å². The zero-order valence-corrected chi connectivity index (χ0v) is 14.8. The number of rotatable bonds is 3. The van der Waals surface area contributed by atoms with Gasteiger partial charge in [0.15, 0.2) is 5.69 Å². The average Bonchev–Trinajstić information content (AvgIpc) is 3.06. The van der Waals surface area contributed by atoms with Crippen molar-refractivity contribution in [1.82, 2.24) is 14.6 Å². The minimum absolute atomic E-state index is 0.00993. The number of amides is 1.